The van der Waals surface area contributed by atoms with Crippen LogP contribution in [0.3, 0.4) is 0 Å². The third-order valence-electron chi connectivity index (χ3n) is 1.61. The highest BCUT2D eigenvalue weighted by Gasteiger charge is 2.05. The molecular formula is C9H22N+. The van der Waals surface area contributed by atoms with Gasteiger partial charge in [-0.25, -0.2) is 0 Å². The molecule has 10 heavy (non-hydrogen) atoms. The molecule has 0 N–H and O–H groups in total. The van der Waals surface area contributed by atoms with Crippen LogP contribution in [0.4, 0.5) is 0 Å². The van der Waals surface area contributed by atoms with Crippen molar-refractivity contribution in [3.05, 3.63) is 0 Å². The lowest BCUT2D eigenvalue weighted by atomic mass is 10.1. The summed E-state index contributed by atoms with van der Waals surface area (Å²) in [5, 5.41) is 0. The minimum atomic E-state index is 0.867. The summed E-state index contributed by atoms with van der Waals surface area (Å²) in [6.45, 7) is 5.88. The van der Waals surface area contributed by atoms with Crippen LogP contribution in [0, 0.1) is 5.92 Å². The van der Waals surface area contributed by atoms with Crippen LogP contribution >= 0.6 is 0 Å². The van der Waals surface area contributed by atoms with Crippen LogP contribution in [-0.4, -0.2) is 32.2 Å². The van der Waals surface area contributed by atoms with Gasteiger partial charge in [0.25, 0.3) is 0 Å². The van der Waals surface area contributed by atoms with Gasteiger partial charge in [-0.2, -0.15) is 0 Å². The molecule has 62 valence electrons. The SMILES string of the molecule is CC(C)CCC[N+](C)(C)C. The Bertz CT molecular complexity index is 79.2. The van der Waals surface area contributed by atoms with Crippen molar-refractivity contribution in [1.29, 1.82) is 0 Å². The van der Waals surface area contributed by atoms with Crippen molar-refractivity contribution in [2.24, 2.45) is 5.92 Å². The summed E-state index contributed by atoms with van der Waals surface area (Å²) < 4.78 is 1.10. The van der Waals surface area contributed by atoms with Crippen molar-refractivity contribution in [3.63, 3.8) is 0 Å². The summed E-state index contributed by atoms with van der Waals surface area (Å²) in [6.07, 6.45) is 2.73. The second kappa shape index (κ2) is 3.97. The van der Waals surface area contributed by atoms with Crippen LogP contribution in [0.15, 0.2) is 0 Å². The second-order valence-electron chi connectivity index (χ2n) is 4.55. The highest BCUT2D eigenvalue weighted by molar-refractivity contribution is 4.43. The van der Waals surface area contributed by atoms with E-state index >= 15 is 0 Å². The molecule has 0 aromatic carbocycles. The zero-order valence-corrected chi connectivity index (χ0v) is 8.15. The van der Waals surface area contributed by atoms with Crippen molar-refractivity contribution < 1.29 is 4.48 Å². The fourth-order valence-corrected chi connectivity index (χ4v) is 0.974. The van der Waals surface area contributed by atoms with Crippen molar-refractivity contribution in [2.75, 3.05) is 27.7 Å². The minimum Gasteiger partial charge on any atom is -0.331 e. The van der Waals surface area contributed by atoms with E-state index in [4.69, 9.17) is 0 Å². The Morgan fingerprint density at radius 2 is 1.60 bits per heavy atom. The predicted molar refractivity (Wildman–Crippen MR) is 47.0 cm³/mol. The third kappa shape index (κ3) is 7.96. The summed E-state index contributed by atoms with van der Waals surface area (Å²) in [5.41, 5.74) is 0. The molecule has 1 heteroatoms. The zero-order valence-electron chi connectivity index (χ0n) is 8.15. The molecule has 0 unspecified atom stereocenters. The van der Waals surface area contributed by atoms with Gasteiger partial charge in [0, 0.05) is 0 Å². The molecule has 1 nitrogen and oxygen atoms in total. The first-order chi connectivity index (χ1) is 4.42. The molecule has 0 aliphatic rings. The third-order valence-corrected chi connectivity index (χ3v) is 1.61. The van der Waals surface area contributed by atoms with Crippen molar-refractivity contribution in [3.8, 4) is 0 Å². The monoisotopic (exact) mass is 144 g/mol. The summed E-state index contributed by atoms with van der Waals surface area (Å²) in [4.78, 5) is 0. The quantitative estimate of drug-likeness (QED) is 0.530. The lowest BCUT2D eigenvalue weighted by Crippen LogP contribution is -2.35. The summed E-state index contributed by atoms with van der Waals surface area (Å²) in [7, 11) is 6.75. The van der Waals surface area contributed by atoms with Gasteiger partial charge in [-0.15, -0.1) is 0 Å². The lowest BCUT2D eigenvalue weighted by Gasteiger charge is -2.24. The maximum atomic E-state index is 2.29. The molecule has 0 saturated carbocycles. The largest absolute Gasteiger partial charge is 0.331 e. The molecule has 0 atom stereocenters. The van der Waals surface area contributed by atoms with Crippen molar-refractivity contribution >= 4 is 0 Å². The van der Waals surface area contributed by atoms with E-state index in [9.17, 15) is 0 Å². The zero-order chi connectivity index (χ0) is 8.20. The van der Waals surface area contributed by atoms with Gasteiger partial charge in [0.05, 0.1) is 27.7 Å². The lowest BCUT2D eigenvalue weighted by molar-refractivity contribution is -0.870. The van der Waals surface area contributed by atoms with Crippen LogP contribution in [0.25, 0.3) is 0 Å². The molecule has 0 bridgehead atoms. The fraction of sp³-hybridized carbons (Fsp3) is 1.00. The van der Waals surface area contributed by atoms with Crippen molar-refractivity contribution in [2.45, 2.75) is 26.7 Å². The van der Waals surface area contributed by atoms with Gasteiger partial charge in [-0.05, 0) is 18.8 Å². The van der Waals surface area contributed by atoms with E-state index in [2.05, 4.69) is 35.0 Å². The van der Waals surface area contributed by atoms with Crippen LogP contribution < -0.4 is 0 Å². The maximum absolute atomic E-state index is 2.29. The predicted octanol–water partition coefficient (Wildman–Crippen LogP) is 2.13. The highest BCUT2D eigenvalue weighted by atomic mass is 15.3. The second-order valence-corrected chi connectivity index (χ2v) is 4.55. The molecule has 0 radical (unpaired) electrons. The molecule has 0 fully saturated rings. The normalized spacial score (nSPS) is 12.6. The number of hydrogen-bond donors (Lipinski definition) is 0. The van der Waals surface area contributed by atoms with Crippen molar-refractivity contribution in [1.82, 2.24) is 0 Å². The molecule has 0 amide bonds. The van der Waals surface area contributed by atoms with E-state index in [1.807, 2.05) is 0 Å². The van der Waals surface area contributed by atoms with Gasteiger partial charge in [-0.3, -0.25) is 0 Å². The summed E-state index contributed by atoms with van der Waals surface area (Å²) in [5.74, 6) is 0.867. The van der Waals surface area contributed by atoms with E-state index in [0.717, 1.165) is 10.4 Å². The van der Waals surface area contributed by atoms with Crippen LogP contribution in [0.2, 0.25) is 0 Å². The molecule has 0 aromatic rings. The smallest absolute Gasteiger partial charge is 0.0780 e. The first-order valence-electron chi connectivity index (χ1n) is 4.22. The van der Waals surface area contributed by atoms with Gasteiger partial charge in [0.15, 0.2) is 0 Å². The topological polar surface area (TPSA) is 0 Å². The summed E-state index contributed by atoms with van der Waals surface area (Å²) >= 11 is 0. The molecular weight excluding hydrogens is 122 g/mol. The Morgan fingerprint density at radius 3 is 1.90 bits per heavy atom. The van der Waals surface area contributed by atoms with E-state index < -0.39 is 0 Å². The maximum Gasteiger partial charge on any atom is 0.0780 e. The summed E-state index contributed by atoms with van der Waals surface area (Å²) in [6, 6.07) is 0. The first kappa shape index (κ1) is 9.96. The average Bonchev–Trinajstić information content (AvgIpc) is 1.59. The van der Waals surface area contributed by atoms with E-state index in [1.54, 1.807) is 0 Å². The molecule has 0 spiro atoms. The number of quaternary nitrogens is 1. The van der Waals surface area contributed by atoms with Gasteiger partial charge >= 0.3 is 0 Å². The molecule has 0 rings (SSSR count). The standard InChI is InChI=1S/C9H22N/c1-9(2)7-6-8-10(3,4)5/h9H,6-8H2,1-5H3/q+1. The van der Waals surface area contributed by atoms with Crippen LogP contribution in [-0.2, 0) is 0 Å². The molecule has 0 heterocycles. The van der Waals surface area contributed by atoms with E-state index in [-0.39, 0.29) is 0 Å². The molecule has 0 aromatic heterocycles. The molecule has 0 aliphatic heterocycles. The van der Waals surface area contributed by atoms with E-state index in [1.165, 1.54) is 19.4 Å². The number of rotatable bonds is 4. The first-order valence-corrected chi connectivity index (χ1v) is 4.22. The van der Waals surface area contributed by atoms with E-state index in [0.29, 0.717) is 0 Å². The number of nitrogens with zero attached hydrogens (tertiary/aromatic N) is 1. The van der Waals surface area contributed by atoms with Gasteiger partial charge in [0.2, 0.25) is 0 Å². The Morgan fingerprint density at radius 1 is 1.10 bits per heavy atom. The fourth-order valence-electron chi connectivity index (χ4n) is 0.974. The number of hydrogen-bond acceptors (Lipinski definition) is 0. The van der Waals surface area contributed by atoms with Gasteiger partial charge in [0.1, 0.15) is 0 Å². The van der Waals surface area contributed by atoms with Crippen LogP contribution in [0.5, 0.6) is 0 Å². The van der Waals surface area contributed by atoms with Crippen LogP contribution in [0.1, 0.15) is 26.7 Å². The van der Waals surface area contributed by atoms with Gasteiger partial charge < -0.3 is 4.48 Å². The Labute approximate surface area is 65.6 Å². The molecule has 0 aliphatic carbocycles. The van der Waals surface area contributed by atoms with Gasteiger partial charge in [-0.1, -0.05) is 13.8 Å². The Hall–Kier alpha value is -0.0400. The Balaban J connectivity index is 3.21. The molecule has 0 saturated heterocycles. The Kier molecular flexibility index (Phi) is 3.95. The average molecular weight is 144 g/mol. The minimum absolute atomic E-state index is 0.867. The highest BCUT2D eigenvalue weighted by Crippen LogP contribution is 2.05.